The second-order valence-electron chi connectivity index (χ2n) is 10.7. The molecule has 0 aliphatic carbocycles. The van der Waals surface area contributed by atoms with Crippen LogP contribution >= 0.6 is 0 Å². The highest BCUT2D eigenvalue weighted by atomic mass is 16.5. The summed E-state index contributed by atoms with van der Waals surface area (Å²) < 4.78 is 19.0. The quantitative estimate of drug-likeness (QED) is 0.359. The largest absolute Gasteiger partial charge is 0.493 e. The van der Waals surface area contributed by atoms with Crippen molar-refractivity contribution in [1.82, 2.24) is 35.3 Å². The monoisotopic (exact) mass is 601 g/mol. The number of amides is 3. The van der Waals surface area contributed by atoms with E-state index < -0.39 is 11.9 Å². The zero-order valence-corrected chi connectivity index (χ0v) is 25.1. The van der Waals surface area contributed by atoms with Crippen molar-refractivity contribution in [3.8, 4) is 28.6 Å². The van der Waals surface area contributed by atoms with E-state index in [1.165, 1.54) is 22.2 Å². The fraction of sp³-hybridized carbons (Fsp3) is 0.355. The minimum absolute atomic E-state index is 0.108. The number of aryl methyl sites for hydroxylation is 1. The molecule has 4 aromatic rings. The number of fused-ring (bicyclic) bond motifs is 5. The average molecular weight is 602 g/mol. The molecule has 3 heterocycles. The van der Waals surface area contributed by atoms with Gasteiger partial charge in [0.05, 0.1) is 38.1 Å². The Kier molecular flexibility index (Phi) is 9.22. The molecule has 2 aromatic heterocycles. The lowest BCUT2D eigenvalue weighted by atomic mass is 10.0. The van der Waals surface area contributed by atoms with Crippen molar-refractivity contribution in [2.75, 3.05) is 26.8 Å². The first-order valence-electron chi connectivity index (χ1n) is 14.3. The van der Waals surface area contributed by atoms with E-state index in [9.17, 15) is 14.4 Å². The third-order valence-electron chi connectivity index (χ3n) is 7.25. The lowest BCUT2D eigenvalue weighted by Crippen LogP contribution is -2.52. The van der Waals surface area contributed by atoms with Crippen molar-refractivity contribution in [2.24, 2.45) is 5.92 Å². The number of hydrogen-bond acceptors (Lipinski definition) is 9. The smallest absolute Gasteiger partial charge is 0.256 e. The van der Waals surface area contributed by atoms with Crippen molar-refractivity contribution >= 4 is 17.7 Å². The van der Waals surface area contributed by atoms with Gasteiger partial charge in [-0.3, -0.25) is 14.4 Å². The number of carbonyl (C=O) groups excluding carboxylic acids is 3. The number of aromatic nitrogens is 4. The summed E-state index contributed by atoms with van der Waals surface area (Å²) >= 11 is 0. The molecule has 13 heteroatoms. The van der Waals surface area contributed by atoms with Gasteiger partial charge in [-0.1, -0.05) is 26.0 Å². The third-order valence-corrected chi connectivity index (χ3v) is 7.25. The second-order valence-corrected chi connectivity index (χ2v) is 10.7. The second kappa shape index (κ2) is 13.4. The summed E-state index contributed by atoms with van der Waals surface area (Å²) in [5.41, 5.74) is 2.11. The Hall–Kier alpha value is -5.20. The Labute approximate surface area is 254 Å². The van der Waals surface area contributed by atoms with Gasteiger partial charge >= 0.3 is 0 Å². The number of nitrogens with zero attached hydrogens (tertiary/aromatic N) is 5. The third kappa shape index (κ3) is 6.72. The summed E-state index contributed by atoms with van der Waals surface area (Å²) in [5.74, 6) is 0.492. The van der Waals surface area contributed by atoms with E-state index in [4.69, 9.17) is 13.9 Å². The Balaban J connectivity index is 1.46. The molecular weight excluding hydrogens is 566 g/mol. The van der Waals surface area contributed by atoms with Crippen molar-refractivity contribution in [2.45, 2.75) is 39.8 Å². The van der Waals surface area contributed by atoms with Crippen molar-refractivity contribution in [3.05, 3.63) is 72.1 Å². The summed E-state index contributed by atoms with van der Waals surface area (Å²) in [4.78, 5) is 50.6. The van der Waals surface area contributed by atoms with E-state index in [2.05, 4.69) is 25.7 Å². The molecule has 5 rings (SSSR count). The summed E-state index contributed by atoms with van der Waals surface area (Å²) in [6, 6.07) is 11.5. The standard InChI is InChI=1S/C31H35N7O6/c1-19(2)28-29(40)33-15-23-20(3)44-30(35-23)21-10-11-25(42-4)26(14-21)43-13-7-12-37(16-27(39)36-28)31(41)22-8-5-6-9-24(22)38-18-32-17-34-38/h5-6,8-11,14,17-19,28H,7,12-13,15-16H2,1-4H3,(H,33,40)(H,36,39)/t28-/m0/s1. The highest BCUT2D eigenvalue weighted by molar-refractivity contribution is 6.00. The number of oxazole rings is 1. The number of methoxy groups -OCH3 is 1. The van der Waals surface area contributed by atoms with Crippen LogP contribution in [0.5, 0.6) is 11.5 Å². The van der Waals surface area contributed by atoms with Crippen LogP contribution in [0, 0.1) is 12.8 Å². The van der Waals surface area contributed by atoms with Crippen molar-refractivity contribution in [1.29, 1.82) is 0 Å². The van der Waals surface area contributed by atoms with Gasteiger partial charge in [-0.05, 0) is 49.6 Å². The molecule has 44 heavy (non-hydrogen) atoms. The first kappa shape index (κ1) is 30.3. The van der Waals surface area contributed by atoms with Crippen LogP contribution in [0.1, 0.15) is 42.1 Å². The van der Waals surface area contributed by atoms with E-state index >= 15 is 0 Å². The highest BCUT2D eigenvalue weighted by Gasteiger charge is 2.28. The van der Waals surface area contributed by atoms with Gasteiger partial charge in [-0.2, -0.15) is 5.10 Å². The number of hydrogen-bond donors (Lipinski definition) is 2. The molecule has 0 saturated carbocycles. The average Bonchev–Trinajstić information content (AvgIpc) is 3.69. The van der Waals surface area contributed by atoms with Crippen LogP contribution in [0.4, 0.5) is 0 Å². The molecule has 3 amide bonds. The van der Waals surface area contributed by atoms with Gasteiger partial charge in [0, 0.05) is 12.1 Å². The van der Waals surface area contributed by atoms with Gasteiger partial charge in [0.2, 0.25) is 17.7 Å². The molecule has 0 spiro atoms. The van der Waals surface area contributed by atoms with Crippen LogP contribution in [0.2, 0.25) is 0 Å². The van der Waals surface area contributed by atoms with Crippen molar-refractivity contribution in [3.63, 3.8) is 0 Å². The topological polar surface area (TPSA) is 154 Å². The van der Waals surface area contributed by atoms with Gasteiger partial charge in [0.1, 0.15) is 30.2 Å². The molecule has 13 nitrogen and oxygen atoms in total. The lowest BCUT2D eigenvalue weighted by Gasteiger charge is -2.26. The minimum Gasteiger partial charge on any atom is -0.493 e. The summed E-state index contributed by atoms with van der Waals surface area (Å²) in [6.07, 6.45) is 3.28. The van der Waals surface area contributed by atoms with Gasteiger partial charge in [-0.15, -0.1) is 0 Å². The lowest BCUT2D eigenvalue weighted by molar-refractivity contribution is -0.130. The Morgan fingerprint density at radius 1 is 1.16 bits per heavy atom. The zero-order valence-electron chi connectivity index (χ0n) is 25.1. The predicted molar refractivity (Wildman–Crippen MR) is 159 cm³/mol. The van der Waals surface area contributed by atoms with Crippen LogP contribution in [0.25, 0.3) is 17.1 Å². The summed E-state index contributed by atoms with van der Waals surface area (Å²) in [5, 5.41) is 9.85. The van der Waals surface area contributed by atoms with E-state index in [0.29, 0.717) is 52.1 Å². The van der Waals surface area contributed by atoms with E-state index in [1.54, 1.807) is 50.4 Å². The summed E-state index contributed by atoms with van der Waals surface area (Å²) in [7, 11) is 1.55. The first-order valence-corrected chi connectivity index (χ1v) is 14.3. The molecule has 230 valence electrons. The fourth-order valence-corrected chi connectivity index (χ4v) is 4.89. The molecular formula is C31H35N7O6. The normalized spacial score (nSPS) is 16.4. The van der Waals surface area contributed by atoms with E-state index in [-0.39, 0.29) is 44.0 Å². The van der Waals surface area contributed by atoms with E-state index in [0.717, 1.165) is 0 Å². The van der Waals surface area contributed by atoms with Crippen LogP contribution in [0.3, 0.4) is 0 Å². The van der Waals surface area contributed by atoms with Crippen LogP contribution in [-0.4, -0.2) is 75.2 Å². The molecule has 1 aliphatic rings. The van der Waals surface area contributed by atoms with Gasteiger partial charge < -0.3 is 29.4 Å². The molecule has 4 bridgehead atoms. The number of para-hydroxylation sites is 1. The molecule has 0 fully saturated rings. The summed E-state index contributed by atoms with van der Waals surface area (Å²) in [6.45, 7) is 5.71. The fourth-order valence-electron chi connectivity index (χ4n) is 4.89. The Bertz CT molecular complexity index is 1630. The molecule has 0 saturated heterocycles. The highest BCUT2D eigenvalue weighted by Crippen LogP contribution is 2.33. The van der Waals surface area contributed by atoms with Crippen LogP contribution < -0.4 is 20.1 Å². The predicted octanol–water partition coefficient (Wildman–Crippen LogP) is 2.92. The number of carbonyl (C=O) groups is 3. The van der Waals surface area contributed by atoms with Crippen LogP contribution in [0.15, 0.2) is 59.5 Å². The van der Waals surface area contributed by atoms with Gasteiger partial charge in [-0.25, -0.2) is 14.6 Å². The van der Waals surface area contributed by atoms with E-state index in [1.807, 2.05) is 19.9 Å². The number of ether oxygens (including phenoxy) is 2. The maximum Gasteiger partial charge on any atom is 0.256 e. The minimum atomic E-state index is -0.833. The number of rotatable bonds is 4. The van der Waals surface area contributed by atoms with Crippen LogP contribution in [-0.2, 0) is 16.1 Å². The molecule has 0 radical (unpaired) electrons. The maximum absolute atomic E-state index is 13.9. The first-order chi connectivity index (χ1) is 21.2. The van der Waals surface area contributed by atoms with Gasteiger partial charge in [0.15, 0.2) is 11.5 Å². The molecule has 1 aliphatic heterocycles. The number of nitrogens with one attached hydrogen (secondary N) is 2. The zero-order chi connectivity index (χ0) is 31.2. The Morgan fingerprint density at radius 2 is 1.98 bits per heavy atom. The SMILES string of the molecule is COc1ccc2cc1OCCCN(C(=O)c1ccccc1-n1cncn1)CC(=O)N[C@@H](C(C)C)C(=O)NCc1nc-2oc1C. The molecule has 2 aromatic carbocycles. The maximum atomic E-state index is 13.9. The molecule has 0 unspecified atom stereocenters. The molecule has 2 N–H and O–H groups in total. The van der Waals surface area contributed by atoms with Gasteiger partial charge in [0.25, 0.3) is 5.91 Å². The Morgan fingerprint density at radius 3 is 2.73 bits per heavy atom. The van der Waals surface area contributed by atoms with Crippen molar-refractivity contribution < 1.29 is 28.3 Å². The number of benzene rings is 2. The molecule has 1 atom stereocenters.